The average Bonchev–Trinajstić information content (AvgIpc) is 1.62. The Morgan fingerprint density at radius 1 is 1.22 bits per heavy atom. The Kier molecular flexibility index (Phi) is 2.17. The first-order chi connectivity index (χ1) is 3.85. The molecule has 0 N–H and O–H groups in total. The number of allylic oxidation sites excluding steroid dienone is 1. The fourth-order valence-corrected chi connectivity index (χ4v) is 0.124. The van der Waals surface area contributed by atoms with E-state index in [0.29, 0.717) is 0 Å². The first-order valence-corrected chi connectivity index (χ1v) is 1.90. The molecule has 0 aliphatic heterocycles. The maximum atomic E-state index is 11.1. The van der Waals surface area contributed by atoms with Crippen molar-refractivity contribution in [3.8, 4) is 0 Å². The van der Waals surface area contributed by atoms with E-state index < -0.39 is 18.2 Å². The maximum absolute atomic E-state index is 11.1. The molecule has 0 aliphatic carbocycles. The third-order valence-corrected chi connectivity index (χ3v) is 0.628. The van der Waals surface area contributed by atoms with Gasteiger partial charge in [-0.1, -0.05) is 6.58 Å². The Labute approximate surface area is 48.0 Å². The van der Waals surface area contributed by atoms with Gasteiger partial charge in [-0.25, -0.2) is 8.78 Å². The third-order valence-electron chi connectivity index (χ3n) is 0.628. The molecule has 0 aromatic heterocycles. The zero-order chi connectivity index (χ0) is 7.65. The molecular formula is C4H3F5. The SMILES string of the molecule is C=C(C(F)F)C(F)(F)F. The number of hydrogen-bond donors (Lipinski definition) is 0. The molecule has 0 amide bonds. The largest absolute Gasteiger partial charge is 0.417 e. The molecule has 0 aliphatic rings. The molecule has 9 heavy (non-hydrogen) atoms. The molecule has 0 atom stereocenters. The van der Waals surface area contributed by atoms with Gasteiger partial charge in [0.25, 0.3) is 6.43 Å². The van der Waals surface area contributed by atoms with Crippen molar-refractivity contribution in [1.29, 1.82) is 0 Å². The van der Waals surface area contributed by atoms with Crippen molar-refractivity contribution in [2.24, 2.45) is 0 Å². The first kappa shape index (κ1) is 8.39. The summed E-state index contributed by atoms with van der Waals surface area (Å²) in [6.45, 7) is 2.15. The Bertz CT molecular complexity index is 111. The zero-order valence-electron chi connectivity index (χ0n) is 4.17. The Hall–Kier alpha value is -0.610. The summed E-state index contributed by atoms with van der Waals surface area (Å²) in [6.07, 6.45) is -8.47. The van der Waals surface area contributed by atoms with Crippen molar-refractivity contribution in [1.82, 2.24) is 0 Å². The smallest absolute Gasteiger partial charge is 0.205 e. The first-order valence-electron chi connectivity index (χ1n) is 1.90. The van der Waals surface area contributed by atoms with Crippen LogP contribution in [0.25, 0.3) is 0 Å². The van der Waals surface area contributed by atoms with Gasteiger partial charge in [-0.05, 0) is 0 Å². The molecule has 0 bridgehead atoms. The highest BCUT2D eigenvalue weighted by atomic mass is 19.4. The Morgan fingerprint density at radius 3 is 1.56 bits per heavy atom. The molecule has 0 spiro atoms. The van der Waals surface area contributed by atoms with Crippen LogP contribution in [0.4, 0.5) is 22.0 Å². The van der Waals surface area contributed by atoms with Gasteiger partial charge in [0, 0.05) is 0 Å². The molecule has 0 unspecified atom stereocenters. The predicted octanol–water partition coefficient (Wildman–Crippen LogP) is 2.37. The van der Waals surface area contributed by atoms with Gasteiger partial charge in [0.2, 0.25) is 0 Å². The second kappa shape index (κ2) is 2.33. The number of alkyl halides is 5. The molecule has 0 saturated carbocycles. The summed E-state index contributed by atoms with van der Waals surface area (Å²) in [5.41, 5.74) is -2.00. The predicted molar refractivity (Wildman–Crippen MR) is 21.2 cm³/mol. The van der Waals surface area contributed by atoms with Gasteiger partial charge in [-0.15, -0.1) is 0 Å². The summed E-state index contributed by atoms with van der Waals surface area (Å²) < 4.78 is 55.6. The van der Waals surface area contributed by atoms with E-state index in [1.807, 2.05) is 0 Å². The van der Waals surface area contributed by atoms with Gasteiger partial charge in [-0.3, -0.25) is 0 Å². The average molecular weight is 146 g/mol. The lowest BCUT2D eigenvalue weighted by atomic mass is 10.3. The van der Waals surface area contributed by atoms with E-state index in [4.69, 9.17) is 0 Å². The molecule has 0 saturated heterocycles. The number of hydrogen-bond acceptors (Lipinski definition) is 0. The highest BCUT2D eigenvalue weighted by molar-refractivity contribution is 5.04. The third kappa shape index (κ3) is 2.43. The highest BCUT2D eigenvalue weighted by Gasteiger charge is 2.37. The van der Waals surface area contributed by atoms with Gasteiger partial charge >= 0.3 is 6.18 Å². The van der Waals surface area contributed by atoms with E-state index >= 15 is 0 Å². The van der Waals surface area contributed by atoms with E-state index in [1.165, 1.54) is 0 Å². The van der Waals surface area contributed by atoms with E-state index in [9.17, 15) is 22.0 Å². The maximum Gasteiger partial charge on any atom is 0.417 e. The lowest BCUT2D eigenvalue weighted by molar-refractivity contribution is -0.108. The van der Waals surface area contributed by atoms with Crippen LogP contribution in [0.3, 0.4) is 0 Å². The Balaban J connectivity index is 4.06. The Morgan fingerprint density at radius 2 is 1.56 bits per heavy atom. The minimum absolute atomic E-state index is 2.00. The monoisotopic (exact) mass is 146 g/mol. The molecule has 0 rings (SSSR count). The molecule has 0 nitrogen and oxygen atoms in total. The van der Waals surface area contributed by atoms with E-state index in [1.54, 1.807) is 0 Å². The molecule has 54 valence electrons. The van der Waals surface area contributed by atoms with E-state index in [2.05, 4.69) is 6.58 Å². The van der Waals surface area contributed by atoms with Gasteiger partial charge in [0.05, 0.1) is 5.57 Å². The van der Waals surface area contributed by atoms with Crippen LogP contribution in [0.2, 0.25) is 0 Å². The summed E-state index contributed by atoms with van der Waals surface area (Å²) in [4.78, 5) is 0. The molecule has 0 heterocycles. The van der Waals surface area contributed by atoms with Crippen LogP contribution < -0.4 is 0 Å². The van der Waals surface area contributed by atoms with Crippen LogP contribution in [0.1, 0.15) is 0 Å². The lowest BCUT2D eigenvalue weighted by Crippen LogP contribution is -2.16. The van der Waals surface area contributed by atoms with Crippen LogP contribution in [-0.4, -0.2) is 12.6 Å². The number of rotatable bonds is 1. The summed E-state index contributed by atoms with van der Waals surface area (Å²) in [5.74, 6) is 0. The van der Waals surface area contributed by atoms with E-state index in [-0.39, 0.29) is 0 Å². The van der Waals surface area contributed by atoms with Gasteiger partial charge in [-0.2, -0.15) is 13.2 Å². The summed E-state index contributed by atoms with van der Waals surface area (Å²) in [5, 5.41) is 0. The van der Waals surface area contributed by atoms with Crippen molar-refractivity contribution in [3.63, 3.8) is 0 Å². The highest BCUT2D eigenvalue weighted by Crippen LogP contribution is 2.28. The van der Waals surface area contributed by atoms with Crippen molar-refractivity contribution in [2.75, 3.05) is 0 Å². The molecule has 5 heteroatoms. The van der Waals surface area contributed by atoms with Crippen LogP contribution in [0.5, 0.6) is 0 Å². The fourth-order valence-electron chi connectivity index (χ4n) is 0.124. The van der Waals surface area contributed by atoms with Crippen LogP contribution in [0.15, 0.2) is 12.2 Å². The normalized spacial score (nSPS) is 12.2. The molecule has 0 radical (unpaired) electrons. The molecule has 0 fully saturated rings. The fraction of sp³-hybridized carbons (Fsp3) is 0.500. The van der Waals surface area contributed by atoms with Crippen LogP contribution in [0, 0.1) is 0 Å². The minimum Gasteiger partial charge on any atom is -0.205 e. The van der Waals surface area contributed by atoms with Gasteiger partial charge in [0.1, 0.15) is 0 Å². The molecular weight excluding hydrogens is 143 g/mol. The van der Waals surface area contributed by atoms with Crippen molar-refractivity contribution in [3.05, 3.63) is 12.2 Å². The summed E-state index contributed by atoms with van der Waals surface area (Å²) in [7, 11) is 0. The minimum atomic E-state index is -4.96. The van der Waals surface area contributed by atoms with Crippen molar-refractivity contribution < 1.29 is 22.0 Å². The van der Waals surface area contributed by atoms with Gasteiger partial charge in [0.15, 0.2) is 0 Å². The second-order valence-electron chi connectivity index (χ2n) is 1.32. The van der Waals surface area contributed by atoms with Crippen LogP contribution in [-0.2, 0) is 0 Å². The zero-order valence-corrected chi connectivity index (χ0v) is 4.17. The molecule has 0 aromatic rings. The molecule has 0 aromatic carbocycles. The quantitative estimate of drug-likeness (QED) is 0.393. The van der Waals surface area contributed by atoms with Crippen molar-refractivity contribution >= 4 is 0 Å². The summed E-state index contributed by atoms with van der Waals surface area (Å²) in [6, 6.07) is 0. The van der Waals surface area contributed by atoms with Crippen LogP contribution >= 0.6 is 0 Å². The van der Waals surface area contributed by atoms with Crippen molar-refractivity contribution in [2.45, 2.75) is 12.6 Å². The van der Waals surface area contributed by atoms with E-state index in [0.717, 1.165) is 0 Å². The topological polar surface area (TPSA) is 0 Å². The lowest BCUT2D eigenvalue weighted by Gasteiger charge is -2.06. The van der Waals surface area contributed by atoms with Gasteiger partial charge < -0.3 is 0 Å². The summed E-state index contributed by atoms with van der Waals surface area (Å²) >= 11 is 0. The number of halogens is 5. The standard InChI is InChI=1S/C4H3F5/c1-2(3(5)6)4(7,8)9/h3H,1H2. The second-order valence-corrected chi connectivity index (χ2v) is 1.32.